The van der Waals surface area contributed by atoms with E-state index in [-0.39, 0.29) is 35.8 Å². The van der Waals surface area contributed by atoms with Crippen molar-refractivity contribution in [3.8, 4) is 0 Å². The van der Waals surface area contributed by atoms with E-state index in [9.17, 15) is 17.6 Å². The molecule has 1 amide bonds. The molecule has 1 aromatic heterocycles. The summed E-state index contributed by atoms with van der Waals surface area (Å²) in [7, 11) is -2.18. The molecule has 0 aliphatic carbocycles. The van der Waals surface area contributed by atoms with E-state index in [2.05, 4.69) is 4.98 Å². The monoisotopic (exact) mass is 487 g/mol. The molecule has 2 aromatic carbocycles. The van der Waals surface area contributed by atoms with Crippen molar-refractivity contribution in [3.05, 3.63) is 83.4 Å². The molecule has 0 spiro atoms. The predicted octanol–water partition coefficient (Wildman–Crippen LogP) is 3.94. The van der Waals surface area contributed by atoms with Gasteiger partial charge in [0, 0.05) is 25.8 Å². The number of sulfone groups is 1. The fourth-order valence-corrected chi connectivity index (χ4v) is 5.11. The highest BCUT2D eigenvalue weighted by molar-refractivity contribution is 7.90. The number of amides is 1. The first-order valence-corrected chi connectivity index (χ1v) is 12.7. The number of nitrogens with zero attached hydrogens (tertiary/aromatic N) is 3. The van der Waals surface area contributed by atoms with Crippen LogP contribution in [0.2, 0.25) is 0 Å². The van der Waals surface area contributed by atoms with Crippen molar-refractivity contribution in [1.82, 2.24) is 14.5 Å². The minimum absolute atomic E-state index is 0.0130. The number of ether oxygens (including phenoxy) is 1. The summed E-state index contributed by atoms with van der Waals surface area (Å²) in [5.74, 6) is -0.741. The van der Waals surface area contributed by atoms with Crippen LogP contribution in [0.4, 0.5) is 4.39 Å². The maximum Gasteiger partial charge on any atom is 0.254 e. The van der Waals surface area contributed by atoms with E-state index >= 15 is 0 Å². The van der Waals surface area contributed by atoms with Gasteiger partial charge in [0.1, 0.15) is 5.82 Å². The third-order valence-electron chi connectivity index (χ3n) is 5.22. The van der Waals surface area contributed by atoms with E-state index < -0.39 is 15.7 Å². The molecule has 0 aliphatic heterocycles. The molecule has 3 rings (SSSR count). The average Bonchev–Trinajstić information content (AvgIpc) is 3.19. The summed E-state index contributed by atoms with van der Waals surface area (Å²) in [5, 5.41) is -0.0130. The summed E-state index contributed by atoms with van der Waals surface area (Å²) in [4.78, 5) is 19.0. The van der Waals surface area contributed by atoms with Crippen LogP contribution < -0.4 is 0 Å². The molecule has 7 nitrogen and oxygen atoms in total. The fourth-order valence-electron chi connectivity index (χ4n) is 3.61. The second-order valence-electron chi connectivity index (χ2n) is 8.51. The molecule has 0 saturated heterocycles. The molecule has 34 heavy (non-hydrogen) atoms. The molecule has 0 fully saturated rings. The number of benzene rings is 2. The Balaban J connectivity index is 1.94. The summed E-state index contributed by atoms with van der Waals surface area (Å²) >= 11 is 0. The zero-order valence-electron chi connectivity index (χ0n) is 19.6. The van der Waals surface area contributed by atoms with Gasteiger partial charge in [0.25, 0.3) is 5.91 Å². The molecule has 182 valence electrons. The van der Waals surface area contributed by atoms with Crippen LogP contribution in [0.25, 0.3) is 0 Å². The lowest BCUT2D eigenvalue weighted by Crippen LogP contribution is -2.34. The zero-order chi connectivity index (χ0) is 24.7. The Kier molecular flexibility index (Phi) is 8.57. The highest BCUT2D eigenvalue weighted by atomic mass is 32.2. The van der Waals surface area contributed by atoms with Gasteiger partial charge in [0.2, 0.25) is 15.0 Å². The number of carbonyl (C=O) groups is 1. The molecule has 3 aromatic rings. The van der Waals surface area contributed by atoms with Gasteiger partial charge in [-0.2, -0.15) is 0 Å². The van der Waals surface area contributed by atoms with Crippen LogP contribution in [0.5, 0.6) is 0 Å². The fraction of sp³-hybridized carbons (Fsp3) is 0.360. The van der Waals surface area contributed by atoms with Crippen molar-refractivity contribution in [2.75, 3.05) is 20.3 Å². The summed E-state index contributed by atoms with van der Waals surface area (Å²) in [5.41, 5.74) is 1.62. The van der Waals surface area contributed by atoms with E-state index in [1.807, 2.05) is 19.9 Å². The first-order valence-electron chi connectivity index (χ1n) is 11.1. The minimum atomic E-state index is -3.72. The van der Waals surface area contributed by atoms with Crippen molar-refractivity contribution in [1.29, 1.82) is 0 Å². The van der Waals surface area contributed by atoms with Gasteiger partial charge in [-0.15, -0.1) is 0 Å². The van der Waals surface area contributed by atoms with Crippen LogP contribution in [0.1, 0.15) is 35.5 Å². The van der Waals surface area contributed by atoms with Gasteiger partial charge >= 0.3 is 0 Å². The van der Waals surface area contributed by atoms with E-state index in [1.165, 1.54) is 37.6 Å². The Labute approximate surface area is 200 Å². The van der Waals surface area contributed by atoms with Gasteiger partial charge in [-0.05, 0) is 35.7 Å². The van der Waals surface area contributed by atoms with Crippen molar-refractivity contribution in [2.45, 2.75) is 37.8 Å². The number of hydrogen-bond acceptors (Lipinski definition) is 5. The lowest BCUT2D eigenvalue weighted by molar-refractivity contribution is 0.0675. The lowest BCUT2D eigenvalue weighted by Gasteiger charge is -2.24. The van der Waals surface area contributed by atoms with Gasteiger partial charge in [-0.1, -0.05) is 44.2 Å². The van der Waals surface area contributed by atoms with E-state index in [1.54, 1.807) is 33.7 Å². The number of halogens is 1. The molecule has 0 unspecified atom stereocenters. The number of carbonyl (C=O) groups excluding carboxylic acids is 1. The quantitative estimate of drug-likeness (QED) is 0.409. The van der Waals surface area contributed by atoms with Crippen molar-refractivity contribution >= 4 is 15.7 Å². The predicted molar refractivity (Wildman–Crippen MR) is 127 cm³/mol. The highest BCUT2D eigenvalue weighted by Crippen LogP contribution is 2.21. The Morgan fingerprint density at radius 3 is 2.41 bits per heavy atom. The van der Waals surface area contributed by atoms with Crippen LogP contribution in [0.15, 0.2) is 66.0 Å². The van der Waals surface area contributed by atoms with Gasteiger partial charge in [-0.3, -0.25) is 4.79 Å². The second-order valence-corrected chi connectivity index (χ2v) is 10.4. The average molecular weight is 488 g/mol. The van der Waals surface area contributed by atoms with E-state index in [4.69, 9.17) is 4.74 Å². The summed E-state index contributed by atoms with van der Waals surface area (Å²) in [6, 6.07) is 14.3. The van der Waals surface area contributed by atoms with Gasteiger partial charge in [0.15, 0.2) is 0 Å². The number of aromatic nitrogens is 2. The number of rotatable bonds is 11. The Bertz CT molecular complexity index is 1190. The molecule has 0 bridgehead atoms. The van der Waals surface area contributed by atoms with Gasteiger partial charge in [0.05, 0.1) is 30.8 Å². The van der Waals surface area contributed by atoms with Gasteiger partial charge < -0.3 is 14.2 Å². The lowest BCUT2D eigenvalue weighted by atomic mass is 10.2. The maximum atomic E-state index is 13.3. The highest BCUT2D eigenvalue weighted by Gasteiger charge is 2.26. The largest absolute Gasteiger partial charge is 0.383 e. The Hall–Kier alpha value is -3.04. The van der Waals surface area contributed by atoms with Crippen molar-refractivity contribution < 1.29 is 22.3 Å². The smallest absolute Gasteiger partial charge is 0.254 e. The van der Waals surface area contributed by atoms with E-state index in [0.717, 1.165) is 0 Å². The summed E-state index contributed by atoms with van der Waals surface area (Å²) in [6.45, 7) is 5.13. The number of imidazole rings is 1. The summed E-state index contributed by atoms with van der Waals surface area (Å²) in [6.07, 6.45) is 1.51. The third-order valence-corrected chi connectivity index (χ3v) is 6.82. The number of hydrogen-bond donors (Lipinski definition) is 0. The summed E-state index contributed by atoms with van der Waals surface area (Å²) < 4.78 is 46.7. The topological polar surface area (TPSA) is 81.5 Å². The molecule has 0 aliphatic rings. The van der Waals surface area contributed by atoms with Crippen LogP contribution in [0, 0.1) is 11.7 Å². The van der Waals surface area contributed by atoms with Crippen molar-refractivity contribution in [2.24, 2.45) is 5.92 Å². The Morgan fingerprint density at radius 1 is 1.12 bits per heavy atom. The molecule has 1 heterocycles. The maximum absolute atomic E-state index is 13.3. The normalized spacial score (nSPS) is 11.7. The molecule has 0 N–H and O–H groups in total. The first kappa shape index (κ1) is 25.6. The molecular formula is C25H30FN3O4S. The van der Waals surface area contributed by atoms with E-state index in [0.29, 0.717) is 30.0 Å². The molecule has 0 saturated carbocycles. The standard InChI is InChI=1S/C25H30FN3O4S/c1-19(2)16-29-23(15-27-25(29)34(31,32)18-20-7-5-4-6-8-20)17-28(13-14-33-3)24(30)21-9-11-22(26)12-10-21/h4-12,15,19H,13-14,16-18H2,1-3H3. The molecule has 0 radical (unpaired) electrons. The number of methoxy groups -OCH3 is 1. The van der Waals surface area contributed by atoms with Crippen LogP contribution >= 0.6 is 0 Å². The molecule has 9 heteroatoms. The van der Waals surface area contributed by atoms with Gasteiger partial charge in [-0.25, -0.2) is 17.8 Å². The second kappa shape index (κ2) is 11.4. The first-order chi connectivity index (χ1) is 16.2. The zero-order valence-corrected chi connectivity index (χ0v) is 20.5. The SMILES string of the molecule is COCCN(Cc1cnc(S(=O)(=O)Cc2ccccc2)n1CC(C)C)C(=O)c1ccc(F)cc1. The van der Waals surface area contributed by atoms with Crippen molar-refractivity contribution in [3.63, 3.8) is 0 Å². The van der Waals surface area contributed by atoms with Crippen LogP contribution in [0.3, 0.4) is 0 Å². The third kappa shape index (κ3) is 6.51. The Morgan fingerprint density at radius 2 is 1.79 bits per heavy atom. The molecular weight excluding hydrogens is 457 g/mol. The van der Waals surface area contributed by atoms with Crippen LogP contribution in [-0.4, -0.2) is 49.0 Å². The molecule has 0 atom stereocenters. The minimum Gasteiger partial charge on any atom is -0.383 e. The van der Waals surface area contributed by atoms with Crippen LogP contribution in [-0.2, 0) is 33.4 Å².